The second-order valence-electron chi connectivity index (χ2n) is 13.4. The largest absolute Gasteiger partial charge is 0.494 e. The maximum absolute atomic E-state index is 12.8. The van der Waals surface area contributed by atoms with Gasteiger partial charge in [0.1, 0.15) is 17.1 Å². The quantitative estimate of drug-likeness (QED) is 0.273. The highest BCUT2D eigenvalue weighted by atomic mass is 16.5. The number of amides is 1. The van der Waals surface area contributed by atoms with Crippen molar-refractivity contribution in [1.29, 1.82) is 0 Å². The summed E-state index contributed by atoms with van der Waals surface area (Å²) < 4.78 is 11.2. The fourth-order valence-electron chi connectivity index (χ4n) is 7.50. The van der Waals surface area contributed by atoms with Gasteiger partial charge in [0.15, 0.2) is 17.3 Å². The van der Waals surface area contributed by atoms with Gasteiger partial charge in [0.05, 0.1) is 7.11 Å². The Labute approximate surface area is 283 Å². The van der Waals surface area contributed by atoms with Crippen LogP contribution in [0.4, 0.5) is 23.0 Å². The Balaban J connectivity index is 1.10. The summed E-state index contributed by atoms with van der Waals surface area (Å²) >= 11 is 0. The van der Waals surface area contributed by atoms with Crippen LogP contribution in [-0.2, 0) is 11.2 Å². The molecule has 12 heteroatoms. The van der Waals surface area contributed by atoms with Gasteiger partial charge in [-0.3, -0.25) is 19.6 Å². The summed E-state index contributed by atoms with van der Waals surface area (Å²) in [7, 11) is 1.58. The van der Waals surface area contributed by atoms with Crippen LogP contribution in [0.15, 0.2) is 36.5 Å². The Morgan fingerprint density at radius 3 is 2.27 bits per heavy atom. The topological polar surface area (TPSA) is 134 Å². The molecule has 0 spiro atoms. The minimum atomic E-state index is -0.678. The Bertz CT molecular complexity index is 1580. The molecule has 4 fully saturated rings. The van der Waals surface area contributed by atoms with E-state index in [1.54, 1.807) is 19.4 Å². The van der Waals surface area contributed by atoms with E-state index in [2.05, 4.69) is 55.4 Å². The molecule has 4 N–H and O–H groups in total. The number of hydrogen-bond acceptors (Lipinski definition) is 11. The average molecular weight is 656 g/mol. The molecule has 0 atom stereocenters. The van der Waals surface area contributed by atoms with Crippen LogP contribution < -0.4 is 26.0 Å². The number of pyridine rings is 1. The highest BCUT2D eigenvalue weighted by molar-refractivity contribution is 5.97. The van der Waals surface area contributed by atoms with Crippen molar-refractivity contribution in [3.05, 3.63) is 47.8 Å². The number of hydrogen-bond donors (Lipinski definition) is 3. The number of nitrogens with two attached hydrogens (primary N) is 1. The van der Waals surface area contributed by atoms with Crippen LogP contribution in [0.5, 0.6) is 5.75 Å². The second-order valence-corrected chi connectivity index (χ2v) is 13.4. The lowest BCUT2D eigenvalue weighted by molar-refractivity contribution is 0.0809. The van der Waals surface area contributed by atoms with Gasteiger partial charge in [0, 0.05) is 88.2 Å². The molecule has 4 aliphatic rings. The van der Waals surface area contributed by atoms with E-state index in [9.17, 15) is 4.79 Å². The van der Waals surface area contributed by atoms with E-state index >= 15 is 0 Å². The molecule has 1 aliphatic carbocycles. The summed E-state index contributed by atoms with van der Waals surface area (Å²) in [5.74, 6) is 0.660. The van der Waals surface area contributed by atoms with E-state index in [4.69, 9.17) is 25.2 Å². The van der Waals surface area contributed by atoms with Crippen molar-refractivity contribution in [2.75, 3.05) is 75.1 Å². The van der Waals surface area contributed by atoms with Crippen molar-refractivity contribution in [1.82, 2.24) is 24.8 Å². The van der Waals surface area contributed by atoms with E-state index in [0.717, 1.165) is 44.1 Å². The van der Waals surface area contributed by atoms with Crippen LogP contribution in [0, 0.1) is 0 Å². The molecule has 1 saturated carbocycles. The number of ether oxygens (including phenoxy) is 2. The molecule has 0 bridgehead atoms. The first-order valence-corrected chi connectivity index (χ1v) is 17.7. The zero-order valence-electron chi connectivity index (χ0n) is 28.3. The number of nitrogens with one attached hydrogen (secondary N) is 2. The molecular weight excluding hydrogens is 606 g/mol. The van der Waals surface area contributed by atoms with E-state index in [1.807, 2.05) is 6.07 Å². The van der Waals surface area contributed by atoms with Gasteiger partial charge >= 0.3 is 0 Å². The number of carbonyl (C=O) groups is 1. The molecule has 3 saturated heterocycles. The van der Waals surface area contributed by atoms with E-state index in [0.29, 0.717) is 48.0 Å². The fourth-order valence-corrected chi connectivity index (χ4v) is 7.50. The number of benzene rings is 1. The lowest BCUT2D eigenvalue weighted by Crippen LogP contribution is -2.53. The molecule has 5 heterocycles. The van der Waals surface area contributed by atoms with Crippen LogP contribution >= 0.6 is 0 Å². The standard InChI is InChI=1S/C36H49N9O3/c1-3-24-23-26(6-9-29(24)45-15-10-28(11-16-45)44-19-17-43(18-20-44)27-7-8-27)40-36-33(34(37)46)41-32(31-30(47-2)5-4-14-38-31)35(42-36)39-25-12-21-48-22-13-25/h4-6,9,14,23,25,27-28H,3,7-8,10-13,15-22H2,1-2H3,(H2,37,46)(H2,39,40,42). The zero-order valence-corrected chi connectivity index (χ0v) is 28.3. The Morgan fingerprint density at radius 1 is 0.917 bits per heavy atom. The molecule has 7 rings (SSSR count). The monoisotopic (exact) mass is 655 g/mol. The summed E-state index contributed by atoms with van der Waals surface area (Å²) in [5, 5.41) is 6.94. The summed E-state index contributed by atoms with van der Waals surface area (Å²) in [5.41, 5.74) is 10.2. The third-order valence-corrected chi connectivity index (χ3v) is 10.4. The normalized spacial score (nSPS) is 20.1. The zero-order chi connectivity index (χ0) is 33.0. The molecule has 1 amide bonds. The van der Waals surface area contributed by atoms with E-state index in [1.165, 1.54) is 63.1 Å². The fraction of sp³-hybridized carbons (Fsp3) is 0.556. The van der Waals surface area contributed by atoms with Gasteiger partial charge in [-0.2, -0.15) is 0 Å². The predicted octanol–water partition coefficient (Wildman–Crippen LogP) is 4.29. The van der Waals surface area contributed by atoms with Crippen LogP contribution in [0.25, 0.3) is 11.4 Å². The third kappa shape index (κ3) is 7.20. The van der Waals surface area contributed by atoms with Crippen molar-refractivity contribution in [2.24, 2.45) is 5.73 Å². The number of aromatic nitrogens is 3. The van der Waals surface area contributed by atoms with Gasteiger partial charge in [-0.1, -0.05) is 6.92 Å². The lowest BCUT2D eigenvalue weighted by Gasteiger charge is -2.43. The third-order valence-electron chi connectivity index (χ3n) is 10.4. The minimum Gasteiger partial charge on any atom is -0.494 e. The van der Waals surface area contributed by atoms with Crippen molar-refractivity contribution >= 4 is 28.9 Å². The minimum absolute atomic E-state index is 0.0393. The molecule has 3 aliphatic heterocycles. The summed E-state index contributed by atoms with van der Waals surface area (Å²) in [6.45, 7) is 10.5. The molecular formula is C36H49N9O3. The Morgan fingerprint density at radius 2 is 1.62 bits per heavy atom. The van der Waals surface area contributed by atoms with Gasteiger partial charge in [-0.25, -0.2) is 9.97 Å². The summed E-state index contributed by atoms with van der Waals surface area (Å²) in [6.07, 6.45) is 9.40. The average Bonchev–Trinajstić information content (AvgIpc) is 3.98. The molecule has 1 aromatic carbocycles. The van der Waals surface area contributed by atoms with Crippen molar-refractivity contribution in [3.8, 4) is 17.1 Å². The van der Waals surface area contributed by atoms with Gasteiger partial charge < -0.3 is 30.7 Å². The van der Waals surface area contributed by atoms with Gasteiger partial charge in [-0.15, -0.1) is 0 Å². The highest BCUT2D eigenvalue weighted by Gasteiger charge is 2.34. The predicted molar refractivity (Wildman–Crippen MR) is 188 cm³/mol. The number of primary amides is 1. The summed E-state index contributed by atoms with van der Waals surface area (Å²) in [4.78, 5) is 35.0. The van der Waals surface area contributed by atoms with Crippen molar-refractivity contribution in [2.45, 2.75) is 70.0 Å². The second kappa shape index (κ2) is 14.6. The first-order valence-electron chi connectivity index (χ1n) is 17.7. The molecule has 12 nitrogen and oxygen atoms in total. The molecule has 256 valence electrons. The van der Waals surface area contributed by atoms with Crippen LogP contribution in [0.3, 0.4) is 0 Å². The number of carbonyl (C=O) groups excluding carboxylic acids is 1. The molecule has 0 unspecified atom stereocenters. The SMILES string of the molecule is CCc1cc(Nc2nc(NC3CCOCC3)c(-c3ncccc3OC)nc2C(N)=O)ccc1N1CCC(N2CCN(C3CC3)CC2)CC1. The van der Waals surface area contributed by atoms with E-state index < -0.39 is 5.91 Å². The van der Waals surface area contributed by atoms with Crippen LogP contribution in [-0.4, -0.2) is 108 Å². The number of aryl methyl sites for hydroxylation is 1. The number of piperidine rings is 1. The van der Waals surface area contributed by atoms with Crippen molar-refractivity contribution in [3.63, 3.8) is 0 Å². The number of nitrogens with zero attached hydrogens (tertiary/aromatic N) is 6. The van der Waals surface area contributed by atoms with Crippen LogP contribution in [0.2, 0.25) is 0 Å². The van der Waals surface area contributed by atoms with Gasteiger partial charge in [0.25, 0.3) is 5.91 Å². The number of methoxy groups -OCH3 is 1. The first-order chi connectivity index (χ1) is 23.5. The molecule has 3 aromatic rings. The maximum atomic E-state index is 12.8. The Hall–Kier alpha value is -4.00. The number of piperazine rings is 1. The van der Waals surface area contributed by atoms with Crippen molar-refractivity contribution < 1.29 is 14.3 Å². The van der Waals surface area contributed by atoms with Gasteiger partial charge in [-0.05, 0) is 80.8 Å². The molecule has 2 aromatic heterocycles. The number of anilines is 4. The first kappa shape index (κ1) is 32.5. The smallest absolute Gasteiger partial charge is 0.271 e. The number of rotatable bonds is 11. The Kier molecular flexibility index (Phi) is 9.92. The van der Waals surface area contributed by atoms with Crippen LogP contribution in [0.1, 0.15) is 61.5 Å². The lowest BCUT2D eigenvalue weighted by atomic mass is 9.99. The van der Waals surface area contributed by atoms with Gasteiger partial charge in [0.2, 0.25) is 0 Å². The highest BCUT2D eigenvalue weighted by Crippen LogP contribution is 2.36. The molecule has 0 radical (unpaired) electrons. The summed E-state index contributed by atoms with van der Waals surface area (Å²) in [6, 6.07) is 11.7. The van der Waals surface area contributed by atoms with E-state index in [-0.39, 0.29) is 11.7 Å². The maximum Gasteiger partial charge on any atom is 0.271 e. The molecule has 48 heavy (non-hydrogen) atoms.